The van der Waals surface area contributed by atoms with E-state index in [0.717, 1.165) is 25.0 Å². The lowest BCUT2D eigenvalue weighted by molar-refractivity contribution is 0.500. The van der Waals surface area contributed by atoms with E-state index in [1.54, 1.807) is 0 Å². The number of alkyl halides is 1. The molecule has 0 heterocycles. The van der Waals surface area contributed by atoms with Gasteiger partial charge in [0, 0.05) is 19.6 Å². The standard InChI is InChI=1S/C12H23ClN2/c1-6-11(4)14-9-15(5)8-12(13)7-10(2)3/h9,11-12H,2,6-8H2,1,3-5H3/b14-9-. The SMILES string of the molecule is C=C(C)CC(Cl)CN(C)/C=N\C(C)CC. The molecular weight excluding hydrogens is 208 g/mol. The second kappa shape index (κ2) is 7.75. The minimum atomic E-state index is 0.121. The molecule has 0 fully saturated rings. The first kappa shape index (κ1) is 14.5. The van der Waals surface area contributed by atoms with Crippen molar-refractivity contribution >= 4 is 17.9 Å². The Hall–Kier alpha value is -0.500. The lowest BCUT2D eigenvalue weighted by atomic mass is 10.2. The molecule has 0 aliphatic heterocycles. The molecule has 0 aliphatic rings. The van der Waals surface area contributed by atoms with Crippen LogP contribution >= 0.6 is 11.6 Å². The third-order valence-corrected chi connectivity index (χ3v) is 2.46. The Labute approximate surface area is 99.0 Å². The predicted molar refractivity (Wildman–Crippen MR) is 69.9 cm³/mol. The molecule has 0 radical (unpaired) electrons. The molecule has 2 atom stereocenters. The molecule has 0 aromatic carbocycles. The zero-order chi connectivity index (χ0) is 11.8. The largest absolute Gasteiger partial charge is 0.365 e. The zero-order valence-electron chi connectivity index (χ0n) is 10.3. The molecule has 0 saturated carbocycles. The molecule has 3 heteroatoms. The van der Waals surface area contributed by atoms with E-state index in [0.29, 0.717) is 6.04 Å². The molecule has 0 rings (SSSR count). The van der Waals surface area contributed by atoms with Crippen LogP contribution in [0.5, 0.6) is 0 Å². The summed E-state index contributed by atoms with van der Waals surface area (Å²) in [6.45, 7) is 10.9. The van der Waals surface area contributed by atoms with Crippen molar-refractivity contribution in [1.82, 2.24) is 4.90 Å². The Morgan fingerprint density at radius 2 is 2.20 bits per heavy atom. The number of hydrogen-bond donors (Lipinski definition) is 0. The monoisotopic (exact) mass is 230 g/mol. The van der Waals surface area contributed by atoms with Gasteiger partial charge < -0.3 is 4.90 Å². The smallest absolute Gasteiger partial charge is 0.0851 e. The Morgan fingerprint density at radius 3 is 2.67 bits per heavy atom. The normalized spacial score (nSPS) is 15.3. The topological polar surface area (TPSA) is 15.6 Å². The van der Waals surface area contributed by atoms with Crippen molar-refractivity contribution in [2.45, 2.75) is 45.0 Å². The third-order valence-electron chi connectivity index (χ3n) is 2.17. The Morgan fingerprint density at radius 1 is 1.60 bits per heavy atom. The first-order valence-corrected chi connectivity index (χ1v) is 5.91. The lowest BCUT2D eigenvalue weighted by Crippen LogP contribution is -2.25. The summed E-state index contributed by atoms with van der Waals surface area (Å²) < 4.78 is 0. The minimum absolute atomic E-state index is 0.121. The van der Waals surface area contributed by atoms with Gasteiger partial charge in [-0.05, 0) is 26.7 Å². The molecule has 88 valence electrons. The summed E-state index contributed by atoms with van der Waals surface area (Å²) in [7, 11) is 2.00. The van der Waals surface area contributed by atoms with Crippen LogP contribution in [0.2, 0.25) is 0 Å². The molecule has 0 aromatic rings. The van der Waals surface area contributed by atoms with Crippen LogP contribution in [-0.4, -0.2) is 36.2 Å². The van der Waals surface area contributed by atoms with Gasteiger partial charge in [-0.15, -0.1) is 18.2 Å². The van der Waals surface area contributed by atoms with Gasteiger partial charge in [0.2, 0.25) is 0 Å². The minimum Gasteiger partial charge on any atom is -0.365 e. The first-order valence-electron chi connectivity index (χ1n) is 5.47. The van der Waals surface area contributed by atoms with E-state index in [1.165, 1.54) is 0 Å². The van der Waals surface area contributed by atoms with Gasteiger partial charge in [-0.2, -0.15) is 0 Å². The van der Waals surface area contributed by atoms with Crippen molar-refractivity contribution in [3.8, 4) is 0 Å². The molecule has 0 spiro atoms. The van der Waals surface area contributed by atoms with Crippen molar-refractivity contribution in [1.29, 1.82) is 0 Å². The Balaban J connectivity index is 3.86. The van der Waals surface area contributed by atoms with Crippen LogP contribution in [0.25, 0.3) is 0 Å². The second-order valence-electron chi connectivity index (χ2n) is 4.22. The molecule has 0 aliphatic carbocycles. The summed E-state index contributed by atoms with van der Waals surface area (Å²) in [6, 6.07) is 0.391. The van der Waals surface area contributed by atoms with Crippen LogP contribution < -0.4 is 0 Å². The van der Waals surface area contributed by atoms with Crippen LogP contribution in [0.3, 0.4) is 0 Å². The summed E-state index contributed by atoms with van der Waals surface area (Å²) in [5, 5.41) is 0.121. The van der Waals surface area contributed by atoms with Gasteiger partial charge >= 0.3 is 0 Å². The average Bonchev–Trinajstić information content (AvgIpc) is 2.12. The van der Waals surface area contributed by atoms with Crippen LogP contribution in [0, 0.1) is 0 Å². The van der Waals surface area contributed by atoms with Crippen LogP contribution in [0.1, 0.15) is 33.6 Å². The fourth-order valence-electron chi connectivity index (χ4n) is 1.14. The number of aliphatic imine (C=N–C) groups is 1. The summed E-state index contributed by atoms with van der Waals surface area (Å²) in [5.74, 6) is 0. The van der Waals surface area contributed by atoms with Crippen molar-refractivity contribution in [3.05, 3.63) is 12.2 Å². The van der Waals surface area contributed by atoms with Gasteiger partial charge in [-0.1, -0.05) is 12.5 Å². The van der Waals surface area contributed by atoms with Crippen molar-refractivity contribution in [3.63, 3.8) is 0 Å². The van der Waals surface area contributed by atoms with Crippen LogP contribution in [0.15, 0.2) is 17.1 Å². The van der Waals surface area contributed by atoms with Gasteiger partial charge in [-0.25, -0.2) is 0 Å². The average molecular weight is 231 g/mol. The molecule has 0 aromatic heterocycles. The zero-order valence-corrected chi connectivity index (χ0v) is 11.1. The predicted octanol–water partition coefficient (Wildman–Crippen LogP) is 3.32. The quantitative estimate of drug-likeness (QED) is 0.284. The summed E-state index contributed by atoms with van der Waals surface area (Å²) in [4.78, 5) is 6.43. The number of nitrogens with zero attached hydrogens (tertiary/aromatic N) is 2. The maximum atomic E-state index is 6.16. The molecule has 0 saturated heterocycles. The van der Waals surface area contributed by atoms with Crippen LogP contribution in [0.4, 0.5) is 0 Å². The molecule has 2 unspecified atom stereocenters. The highest BCUT2D eigenvalue weighted by molar-refractivity contribution is 6.21. The van der Waals surface area contributed by atoms with Gasteiger partial charge in [-0.3, -0.25) is 4.99 Å². The molecule has 2 nitrogen and oxygen atoms in total. The third kappa shape index (κ3) is 8.49. The summed E-state index contributed by atoms with van der Waals surface area (Å²) in [6.07, 6.45) is 3.81. The second-order valence-corrected chi connectivity index (χ2v) is 4.84. The van der Waals surface area contributed by atoms with Gasteiger partial charge in [0.1, 0.15) is 0 Å². The maximum Gasteiger partial charge on any atom is 0.0851 e. The maximum absolute atomic E-state index is 6.16. The fourth-order valence-corrected chi connectivity index (χ4v) is 1.62. The molecule has 15 heavy (non-hydrogen) atoms. The van der Waals surface area contributed by atoms with E-state index in [4.69, 9.17) is 11.6 Å². The van der Waals surface area contributed by atoms with Crippen LogP contribution in [-0.2, 0) is 0 Å². The molecule has 0 bridgehead atoms. The number of allylic oxidation sites excluding steroid dienone is 1. The van der Waals surface area contributed by atoms with Crippen molar-refractivity contribution in [2.75, 3.05) is 13.6 Å². The highest BCUT2D eigenvalue weighted by Gasteiger charge is 2.06. The van der Waals surface area contributed by atoms with Gasteiger partial charge in [0.15, 0.2) is 0 Å². The Bertz CT molecular complexity index is 214. The van der Waals surface area contributed by atoms with E-state index < -0.39 is 0 Å². The molecular formula is C12H23ClN2. The summed E-state index contributed by atoms with van der Waals surface area (Å²) in [5.41, 5.74) is 1.13. The molecule has 0 N–H and O–H groups in total. The van der Waals surface area contributed by atoms with E-state index in [9.17, 15) is 0 Å². The van der Waals surface area contributed by atoms with Gasteiger partial charge in [0.05, 0.1) is 11.7 Å². The lowest BCUT2D eigenvalue weighted by Gasteiger charge is -2.18. The number of halogens is 1. The highest BCUT2D eigenvalue weighted by atomic mass is 35.5. The van der Waals surface area contributed by atoms with Crippen molar-refractivity contribution < 1.29 is 0 Å². The number of rotatable bonds is 7. The van der Waals surface area contributed by atoms with E-state index in [1.807, 2.05) is 25.2 Å². The number of hydrogen-bond acceptors (Lipinski definition) is 1. The van der Waals surface area contributed by atoms with Gasteiger partial charge in [0.25, 0.3) is 0 Å². The van der Waals surface area contributed by atoms with Crippen molar-refractivity contribution in [2.24, 2.45) is 4.99 Å². The first-order chi connectivity index (χ1) is 6.95. The van der Waals surface area contributed by atoms with E-state index >= 15 is 0 Å². The molecule has 0 amide bonds. The fraction of sp³-hybridized carbons (Fsp3) is 0.750. The van der Waals surface area contributed by atoms with E-state index in [2.05, 4.69) is 25.4 Å². The Kier molecular flexibility index (Phi) is 7.49. The van der Waals surface area contributed by atoms with E-state index in [-0.39, 0.29) is 5.38 Å². The highest BCUT2D eigenvalue weighted by Crippen LogP contribution is 2.09. The summed E-state index contributed by atoms with van der Waals surface area (Å²) >= 11 is 6.16.